The van der Waals surface area contributed by atoms with Crippen molar-refractivity contribution in [2.75, 3.05) is 6.61 Å². The Morgan fingerprint density at radius 2 is 2.08 bits per heavy atom. The largest absolute Gasteiger partial charge is 0.492 e. The van der Waals surface area contributed by atoms with Crippen LogP contribution in [0, 0.1) is 0 Å². The van der Waals surface area contributed by atoms with Crippen LogP contribution in [0.15, 0.2) is 18.2 Å². The summed E-state index contributed by atoms with van der Waals surface area (Å²) in [6, 6.07) is 5.84. The number of benzene rings is 1. The quantitative estimate of drug-likeness (QED) is 0.701. The normalized spacial score (nSPS) is 9.92. The third-order valence-electron chi connectivity index (χ3n) is 1.72. The fraction of sp³-hybridized carbons (Fsp3) is 0.400. The summed E-state index contributed by atoms with van der Waals surface area (Å²) >= 11 is 5.96. The Kier molecular flexibility index (Phi) is 3.42. The van der Waals surface area contributed by atoms with Crippen LogP contribution in [0.5, 0.6) is 5.75 Å². The molecule has 0 saturated heterocycles. The van der Waals surface area contributed by atoms with E-state index in [0.717, 1.165) is 12.2 Å². The molecule has 0 saturated carbocycles. The van der Waals surface area contributed by atoms with Gasteiger partial charge >= 0.3 is 0 Å². The third kappa shape index (κ3) is 1.92. The highest BCUT2D eigenvalue weighted by Gasteiger charge is 2.04. The van der Waals surface area contributed by atoms with Crippen LogP contribution < -0.4 is 4.74 Å². The van der Waals surface area contributed by atoms with Gasteiger partial charge in [0, 0.05) is 0 Å². The molecule has 0 aliphatic heterocycles. The molecule has 0 aliphatic carbocycles. The van der Waals surface area contributed by atoms with E-state index in [0.29, 0.717) is 11.6 Å². The lowest BCUT2D eigenvalue weighted by Crippen LogP contribution is -1.96. The molecule has 66 valence electrons. The molecular formula is C10H13ClO. The monoisotopic (exact) mass is 184 g/mol. The first-order chi connectivity index (χ1) is 5.79. The molecule has 0 fully saturated rings. The lowest BCUT2D eigenvalue weighted by molar-refractivity contribution is 0.337. The van der Waals surface area contributed by atoms with Crippen molar-refractivity contribution in [2.24, 2.45) is 0 Å². The summed E-state index contributed by atoms with van der Waals surface area (Å²) in [6.07, 6.45) is 0.954. The van der Waals surface area contributed by atoms with Crippen LogP contribution in [-0.2, 0) is 6.42 Å². The molecule has 12 heavy (non-hydrogen) atoms. The lowest BCUT2D eigenvalue weighted by Gasteiger charge is -2.09. The van der Waals surface area contributed by atoms with Crippen molar-refractivity contribution in [2.45, 2.75) is 20.3 Å². The maximum Gasteiger partial charge on any atom is 0.141 e. The summed E-state index contributed by atoms with van der Waals surface area (Å²) < 4.78 is 5.43. The maximum absolute atomic E-state index is 5.96. The predicted molar refractivity (Wildman–Crippen MR) is 52.0 cm³/mol. The zero-order chi connectivity index (χ0) is 8.97. The number of aryl methyl sites for hydroxylation is 1. The summed E-state index contributed by atoms with van der Waals surface area (Å²) in [6.45, 7) is 4.72. The zero-order valence-electron chi connectivity index (χ0n) is 7.43. The van der Waals surface area contributed by atoms with Gasteiger partial charge in [-0.05, 0) is 25.0 Å². The molecule has 1 nitrogen and oxygen atoms in total. The van der Waals surface area contributed by atoms with Crippen molar-refractivity contribution in [1.29, 1.82) is 0 Å². The van der Waals surface area contributed by atoms with Crippen LogP contribution in [-0.4, -0.2) is 6.61 Å². The number of halogens is 1. The SMILES string of the molecule is CCOc1c(Cl)cccc1CC. The van der Waals surface area contributed by atoms with Gasteiger partial charge in [-0.3, -0.25) is 0 Å². The minimum absolute atomic E-state index is 0.663. The van der Waals surface area contributed by atoms with E-state index in [1.54, 1.807) is 0 Å². The van der Waals surface area contributed by atoms with Crippen LogP contribution in [0.3, 0.4) is 0 Å². The van der Waals surface area contributed by atoms with Gasteiger partial charge in [0.25, 0.3) is 0 Å². The molecule has 1 aromatic rings. The second kappa shape index (κ2) is 4.36. The molecule has 0 radical (unpaired) electrons. The highest BCUT2D eigenvalue weighted by molar-refractivity contribution is 6.32. The van der Waals surface area contributed by atoms with Crippen LogP contribution in [0.25, 0.3) is 0 Å². The first-order valence-corrected chi connectivity index (χ1v) is 4.57. The number of rotatable bonds is 3. The van der Waals surface area contributed by atoms with Gasteiger partial charge in [-0.15, -0.1) is 0 Å². The molecule has 0 amide bonds. The molecule has 0 aromatic heterocycles. The van der Waals surface area contributed by atoms with E-state index in [1.165, 1.54) is 5.56 Å². The van der Waals surface area contributed by atoms with Gasteiger partial charge in [0.2, 0.25) is 0 Å². The minimum Gasteiger partial charge on any atom is -0.492 e. The van der Waals surface area contributed by atoms with Crippen molar-refractivity contribution in [3.8, 4) is 5.75 Å². The average molecular weight is 185 g/mol. The van der Waals surface area contributed by atoms with Gasteiger partial charge in [0.15, 0.2) is 0 Å². The summed E-state index contributed by atoms with van der Waals surface area (Å²) in [5, 5.41) is 0.705. The Bertz CT molecular complexity index is 258. The van der Waals surface area contributed by atoms with E-state index in [4.69, 9.17) is 16.3 Å². The van der Waals surface area contributed by atoms with Crippen LogP contribution in [0.4, 0.5) is 0 Å². The molecule has 0 unspecified atom stereocenters. The molecule has 0 N–H and O–H groups in total. The Balaban J connectivity index is 3.02. The maximum atomic E-state index is 5.96. The predicted octanol–water partition coefficient (Wildman–Crippen LogP) is 3.30. The topological polar surface area (TPSA) is 9.23 Å². The van der Waals surface area contributed by atoms with Crippen molar-refractivity contribution in [3.63, 3.8) is 0 Å². The standard InChI is InChI=1S/C10H13ClO/c1-3-8-6-5-7-9(11)10(8)12-4-2/h5-7H,3-4H2,1-2H3. The molecule has 1 aromatic carbocycles. The summed E-state index contributed by atoms with van der Waals surface area (Å²) in [5.74, 6) is 0.837. The van der Waals surface area contributed by atoms with E-state index in [1.807, 2.05) is 25.1 Å². The van der Waals surface area contributed by atoms with E-state index in [2.05, 4.69) is 6.92 Å². The van der Waals surface area contributed by atoms with Crippen LogP contribution in [0.1, 0.15) is 19.4 Å². The number of ether oxygens (including phenoxy) is 1. The average Bonchev–Trinajstić information content (AvgIpc) is 2.09. The lowest BCUT2D eigenvalue weighted by atomic mass is 10.1. The molecule has 0 bridgehead atoms. The number of hydrogen-bond donors (Lipinski definition) is 0. The Labute approximate surface area is 78.3 Å². The number of hydrogen-bond acceptors (Lipinski definition) is 1. The minimum atomic E-state index is 0.663. The van der Waals surface area contributed by atoms with E-state index < -0.39 is 0 Å². The van der Waals surface area contributed by atoms with Gasteiger partial charge in [-0.2, -0.15) is 0 Å². The van der Waals surface area contributed by atoms with Crippen LogP contribution >= 0.6 is 11.6 Å². The van der Waals surface area contributed by atoms with Gasteiger partial charge in [0.05, 0.1) is 11.6 Å². The molecular weight excluding hydrogens is 172 g/mol. The Morgan fingerprint density at radius 1 is 1.33 bits per heavy atom. The van der Waals surface area contributed by atoms with E-state index in [-0.39, 0.29) is 0 Å². The van der Waals surface area contributed by atoms with Gasteiger partial charge in [-0.25, -0.2) is 0 Å². The fourth-order valence-corrected chi connectivity index (χ4v) is 1.39. The summed E-state index contributed by atoms with van der Waals surface area (Å²) in [5.41, 5.74) is 1.17. The van der Waals surface area contributed by atoms with Gasteiger partial charge in [-0.1, -0.05) is 30.7 Å². The summed E-state index contributed by atoms with van der Waals surface area (Å²) in [7, 11) is 0. The van der Waals surface area contributed by atoms with E-state index in [9.17, 15) is 0 Å². The Hall–Kier alpha value is -0.690. The van der Waals surface area contributed by atoms with Gasteiger partial charge < -0.3 is 4.74 Å². The first-order valence-electron chi connectivity index (χ1n) is 4.19. The molecule has 2 heteroatoms. The van der Waals surface area contributed by atoms with Crippen molar-refractivity contribution >= 4 is 11.6 Å². The molecule has 0 atom stereocenters. The van der Waals surface area contributed by atoms with Crippen molar-refractivity contribution in [3.05, 3.63) is 28.8 Å². The summed E-state index contributed by atoms with van der Waals surface area (Å²) in [4.78, 5) is 0. The second-order valence-electron chi connectivity index (χ2n) is 2.51. The Morgan fingerprint density at radius 3 is 2.67 bits per heavy atom. The first kappa shape index (κ1) is 9.40. The van der Waals surface area contributed by atoms with Crippen molar-refractivity contribution < 1.29 is 4.74 Å². The van der Waals surface area contributed by atoms with E-state index >= 15 is 0 Å². The molecule has 0 heterocycles. The van der Waals surface area contributed by atoms with Crippen molar-refractivity contribution in [1.82, 2.24) is 0 Å². The smallest absolute Gasteiger partial charge is 0.141 e. The molecule has 0 aliphatic rings. The highest BCUT2D eigenvalue weighted by Crippen LogP contribution is 2.28. The highest BCUT2D eigenvalue weighted by atomic mass is 35.5. The molecule has 0 spiro atoms. The zero-order valence-corrected chi connectivity index (χ0v) is 8.19. The second-order valence-corrected chi connectivity index (χ2v) is 2.92. The number of para-hydroxylation sites is 1. The third-order valence-corrected chi connectivity index (χ3v) is 2.02. The fourth-order valence-electron chi connectivity index (χ4n) is 1.14. The van der Waals surface area contributed by atoms with Gasteiger partial charge in [0.1, 0.15) is 5.75 Å². The molecule has 1 rings (SSSR count). The van der Waals surface area contributed by atoms with Crippen LogP contribution in [0.2, 0.25) is 5.02 Å².